The minimum absolute atomic E-state index is 0.0871. The maximum absolute atomic E-state index is 14.0. The number of likely N-dealkylation sites (tertiary alicyclic amines) is 1. The lowest BCUT2D eigenvalue weighted by molar-refractivity contribution is -0.145. The maximum atomic E-state index is 14.0. The van der Waals surface area contributed by atoms with Crippen LogP contribution in [-0.2, 0) is 23.9 Å². The number of ether oxygens (including phenoxy) is 1. The molecule has 4 amide bonds. The van der Waals surface area contributed by atoms with Crippen LogP contribution in [0.1, 0.15) is 80.6 Å². The SMILES string of the molecule is C=CCNC(=O)C(=O)C(CCC)NC(=O)[C@@H]1C2[C@H](CN1C(=O)[C@@H](NC(=O)OC1CC[C@H](C)C1)C(C)(C)C)C2(C)C. The molecule has 40 heavy (non-hydrogen) atoms. The molecule has 3 rings (SSSR count). The van der Waals surface area contributed by atoms with Crippen molar-refractivity contribution in [1.82, 2.24) is 20.9 Å². The summed E-state index contributed by atoms with van der Waals surface area (Å²) in [4.78, 5) is 67.3. The fourth-order valence-electron chi connectivity index (χ4n) is 6.42. The molecule has 0 radical (unpaired) electrons. The molecule has 0 aromatic carbocycles. The van der Waals surface area contributed by atoms with E-state index in [1.165, 1.54) is 6.08 Å². The van der Waals surface area contributed by atoms with E-state index >= 15 is 0 Å². The lowest BCUT2D eigenvalue weighted by Gasteiger charge is -2.37. The van der Waals surface area contributed by atoms with Crippen LogP contribution in [0.4, 0.5) is 4.79 Å². The van der Waals surface area contributed by atoms with Crippen LogP contribution in [-0.4, -0.2) is 71.8 Å². The molecule has 1 heterocycles. The molecule has 1 saturated heterocycles. The van der Waals surface area contributed by atoms with Gasteiger partial charge >= 0.3 is 6.09 Å². The molecule has 7 atom stereocenters. The molecule has 10 nitrogen and oxygen atoms in total. The molecule has 0 aromatic rings. The van der Waals surface area contributed by atoms with E-state index in [1.807, 2.05) is 27.7 Å². The van der Waals surface area contributed by atoms with E-state index in [4.69, 9.17) is 4.74 Å². The van der Waals surface area contributed by atoms with Crippen molar-refractivity contribution in [2.75, 3.05) is 13.1 Å². The van der Waals surface area contributed by atoms with Crippen LogP contribution in [0.15, 0.2) is 12.7 Å². The number of amides is 4. The Balaban J connectivity index is 1.78. The Morgan fingerprint density at radius 2 is 1.80 bits per heavy atom. The Hall–Kier alpha value is -2.91. The van der Waals surface area contributed by atoms with Gasteiger partial charge in [0.2, 0.25) is 17.6 Å². The molecule has 3 fully saturated rings. The van der Waals surface area contributed by atoms with Crippen LogP contribution in [0.25, 0.3) is 0 Å². The first kappa shape index (κ1) is 31.6. The summed E-state index contributed by atoms with van der Waals surface area (Å²) in [6.07, 6.45) is 4.16. The number of carbonyl (C=O) groups excluding carboxylic acids is 5. The first-order chi connectivity index (χ1) is 18.6. The molecule has 1 aliphatic heterocycles. The maximum Gasteiger partial charge on any atom is 0.408 e. The molecule has 224 valence electrons. The van der Waals surface area contributed by atoms with Gasteiger partial charge < -0.3 is 25.6 Å². The predicted octanol–water partition coefficient (Wildman–Crippen LogP) is 2.96. The van der Waals surface area contributed by atoms with Gasteiger partial charge in [0.25, 0.3) is 5.91 Å². The summed E-state index contributed by atoms with van der Waals surface area (Å²) in [6, 6.07) is -2.72. The van der Waals surface area contributed by atoms with Crippen molar-refractivity contribution in [3.05, 3.63) is 12.7 Å². The van der Waals surface area contributed by atoms with E-state index < -0.39 is 47.2 Å². The summed E-state index contributed by atoms with van der Waals surface area (Å²) < 4.78 is 5.63. The molecule has 0 spiro atoms. The van der Waals surface area contributed by atoms with Crippen LogP contribution in [0.2, 0.25) is 0 Å². The molecular weight excluding hydrogens is 512 g/mol. The summed E-state index contributed by atoms with van der Waals surface area (Å²) in [6.45, 7) is 17.8. The number of carbonyl (C=O) groups is 5. The van der Waals surface area contributed by atoms with Gasteiger partial charge in [0.1, 0.15) is 18.2 Å². The molecule has 2 aliphatic carbocycles. The summed E-state index contributed by atoms with van der Waals surface area (Å²) in [5, 5.41) is 8.06. The summed E-state index contributed by atoms with van der Waals surface area (Å²) in [5.74, 6) is -1.79. The topological polar surface area (TPSA) is 134 Å². The monoisotopic (exact) mass is 560 g/mol. The van der Waals surface area contributed by atoms with Gasteiger partial charge in [0, 0.05) is 13.1 Å². The fraction of sp³-hybridized carbons (Fsp3) is 0.767. The van der Waals surface area contributed by atoms with Crippen LogP contribution >= 0.6 is 0 Å². The number of piperidine rings is 1. The normalized spacial score (nSPS) is 28.1. The van der Waals surface area contributed by atoms with Crippen LogP contribution < -0.4 is 16.0 Å². The Kier molecular flexibility index (Phi) is 9.73. The number of hydrogen-bond acceptors (Lipinski definition) is 6. The molecule has 3 N–H and O–H groups in total. The summed E-state index contributed by atoms with van der Waals surface area (Å²) in [5.41, 5.74) is -0.792. The van der Waals surface area contributed by atoms with Gasteiger partial charge in [-0.05, 0) is 54.3 Å². The first-order valence-electron chi connectivity index (χ1n) is 14.6. The minimum atomic E-state index is -1.000. The fourth-order valence-corrected chi connectivity index (χ4v) is 6.42. The lowest BCUT2D eigenvalue weighted by atomic mass is 9.85. The number of alkyl carbamates (subject to hydrolysis) is 1. The number of hydrogen-bond donors (Lipinski definition) is 3. The highest BCUT2D eigenvalue weighted by molar-refractivity contribution is 6.38. The highest BCUT2D eigenvalue weighted by Gasteiger charge is 2.70. The quantitative estimate of drug-likeness (QED) is 0.263. The first-order valence-corrected chi connectivity index (χ1v) is 14.6. The van der Waals surface area contributed by atoms with Gasteiger partial charge in [0.15, 0.2) is 0 Å². The second-order valence-electron chi connectivity index (χ2n) is 13.5. The Bertz CT molecular complexity index is 1020. The molecule has 3 unspecified atom stereocenters. The molecule has 10 heteroatoms. The number of nitrogens with zero attached hydrogens (tertiary/aromatic N) is 1. The molecular formula is C30H48N4O6. The Morgan fingerprint density at radius 3 is 2.35 bits per heavy atom. The number of nitrogens with one attached hydrogen (secondary N) is 3. The van der Waals surface area contributed by atoms with Gasteiger partial charge in [-0.15, -0.1) is 6.58 Å². The largest absolute Gasteiger partial charge is 0.446 e. The van der Waals surface area contributed by atoms with Crippen LogP contribution in [0, 0.1) is 28.6 Å². The summed E-state index contributed by atoms with van der Waals surface area (Å²) in [7, 11) is 0. The Labute approximate surface area is 238 Å². The van der Waals surface area contributed by atoms with Crippen molar-refractivity contribution in [1.29, 1.82) is 0 Å². The van der Waals surface area contributed by atoms with Gasteiger partial charge in [-0.25, -0.2) is 4.79 Å². The molecule has 0 bridgehead atoms. The highest BCUT2D eigenvalue weighted by Crippen LogP contribution is 2.65. The van der Waals surface area contributed by atoms with Crippen LogP contribution in [0.3, 0.4) is 0 Å². The number of Topliss-reactive ketones (excluding diaryl/α,β-unsaturated/α-hetero) is 1. The van der Waals surface area contributed by atoms with E-state index in [2.05, 4.69) is 43.3 Å². The van der Waals surface area contributed by atoms with Gasteiger partial charge in [0.05, 0.1) is 6.04 Å². The number of rotatable bonds is 11. The van der Waals surface area contributed by atoms with E-state index in [0.717, 1.165) is 19.3 Å². The third-order valence-corrected chi connectivity index (χ3v) is 8.90. The summed E-state index contributed by atoms with van der Waals surface area (Å²) >= 11 is 0. The zero-order chi connectivity index (χ0) is 30.0. The van der Waals surface area contributed by atoms with E-state index in [0.29, 0.717) is 25.3 Å². The second kappa shape index (κ2) is 12.3. The van der Waals surface area contributed by atoms with Crippen molar-refractivity contribution < 1.29 is 28.7 Å². The second-order valence-corrected chi connectivity index (χ2v) is 13.5. The van der Waals surface area contributed by atoms with Crippen molar-refractivity contribution in [2.24, 2.45) is 28.6 Å². The minimum Gasteiger partial charge on any atom is -0.446 e. The van der Waals surface area contributed by atoms with E-state index in [1.54, 1.807) is 4.90 Å². The van der Waals surface area contributed by atoms with Crippen LogP contribution in [0.5, 0.6) is 0 Å². The third-order valence-electron chi connectivity index (χ3n) is 8.90. The highest BCUT2D eigenvalue weighted by atomic mass is 16.6. The standard InChI is InChI=1S/C30H48N4O6/c1-9-11-20(23(35)26(37)31-14-10-2)32-25(36)22-21-19(30(21,7)8)16-34(22)27(38)24(29(4,5)6)33-28(39)40-18-13-12-17(3)15-18/h10,17-22,24H,2,9,11-16H2,1,3-8H3,(H,31,37)(H,32,36)(H,33,39)/t17-,18?,19-,20?,21?,22-,24+/m0/s1. The zero-order valence-corrected chi connectivity index (χ0v) is 25.2. The van der Waals surface area contributed by atoms with Crippen molar-refractivity contribution in [3.63, 3.8) is 0 Å². The average Bonchev–Trinajstić information content (AvgIpc) is 3.21. The third kappa shape index (κ3) is 6.86. The van der Waals surface area contributed by atoms with E-state index in [9.17, 15) is 24.0 Å². The number of ketones is 1. The Morgan fingerprint density at radius 1 is 1.12 bits per heavy atom. The smallest absolute Gasteiger partial charge is 0.408 e. The predicted molar refractivity (Wildman–Crippen MR) is 151 cm³/mol. The average molecular weight is 561 g/mol. The molecule has 3 aliphatic rings. The van der Waals surface area contributed by atoms with Crippen molar-refractivity contribution in [2.45, 2.75) is 105 Å². The van der Waals surface area contributed by atoms with E-state index in [-0.39, 0.29) is 35.8 Å². The van der Waals surface area contributed by atoms with Gasteiger partial charge in [-0.3, -0.25) is 19.2 Å². The van der Waals surface area contributed by atoms with Crippen molar-refractivity contribution in [3.8, 4) is 0 Å². The zero-order valence-electron chi connectivity index (χ0n) is 25.2. The van der Waals surface area contributed by atoms with Gasteiger partial charge in [-0.1, -0.05) is 61.0 Å². The van der Waals surface area contributed by atoms with Crippen molar-refractivity contribution >= 4 is 29.6 Å². The molecule has 2 saturated carbocycles. The lowest BCUT2D eigenvalue weighted by Crippen LogP contribution is -2.60. The molecule has 0 aromatic heterocycles. The van der Waals surface area contributed by atoms with Gasteiger partial charge in [-0.2, -0.15) is 0 Å². The number of fused-ring (bicyclic) bond motifs is 1.